The predicted molar refractivity (Wildman–Crippen MR) is 155 cm³/mol. The van der Waals surface area contributed by atoms with E-state index in [4.69, 9.17) is 13.9 Å². The van der Waals surface area contributed by atoms with Gasteiger partial charge in [0.1, 0.15) is 18.1 Å². The summed E-state index contributed by atoms with van der Waals surface area (Å²) in [6.07, 6.45) is 3.22. The molecule has 0 unspecified atom stereocenters. The second-order valence-electron chi connectivity index (χ2n) is 10.1. The largest absolute Gasteiger partial charge is 0.486 e. The highest BCUT2D eigenvalue weighted by Crippen LogP contribution is 2.32. The number of nitrogens with zero attached hydrogens (tertiary/aromatic N) is 2. The lowest BCUT2D eigenvalue weighted by atomic mass is 9.78. The summed E-state index contributed by atoms with van der Waals surface area (Å²) in [5.41, 5.74) is 4.01. The molecule has 0 aliphatic heterocycles. The SMILES string of the molecule is COC(=O)c1ccccc1Cn1cc(NC(=O)c2ccc(COc3ccc(C(C)(C)c4ccccc4)cc3)o2)cn1. The molecule has 5 rings (SSSR count). The maximum Gasteiger partial charge on any atom is 0.338 e. The molecule has 0 spiro atoms. The number of carbonyl (C=O) groups is 2. The van der Waals surface area contributed by atoms with Crippen LogP contribution >= 0.6 is 0 Å². The Balaban J connectivity index is 1.16. The summed E-state index contributed by atoms with van der Waals surface area (Å²) in [5.74, 6) is 0.577. The molecule has 0 atom stereocenters. The summed E-state index contributed by atoms with van der Waals surface area (Å²) in [7, 11) is 1.34. The topological polar surface area (TPSA) is 95.6 Å². The molecule has 0 bridgehead atoms. The van der Waals surface area contributed by atoms with Gasteiger partial charge in [0.2, 0.25) is 0 Å². The number of rotatable bonds is 10. The number of nitrogens with one attached hydrogen (secondary N) is 1. The third-order valence-corrected chi connectivity index (χ3v) is 6.98. The van der Waals surface area contributed by atoms with Crippen LogP contribution in [0.15, 0.2) is 108 Å². The Labute approximate surface area is 238 Å². The first-order chi connectivity index (χ1) is 19.8. The zero-order chi connectivity index (χ0) is 28.8. The maximum absolute atomic E-state index is 12.8. The van der Waals surface area contributed by atoms with Gasteiger partial charge < -0.3 is 19.2 Å². The highest BCUT2D eigenvalue weighted by Gasteiger charge is 2.22. The van der Waals surface area contributed by atoms with Crippen LogP contribution in [-0.2, 0) is 23.3 Å². The van der Waals surface area contributed by atoms with E-state index in [0.29, 0.717) is 29.3 Å². The van der Waals surface area contributed by atoms with Crippen molar-refractivity contribution in [3.8, 4) is 5.75 Å². The van der Waals surface area contributed by atoms with Crippen molar-refractivity contribution in [2.75, 3.05) is 12.4 Å². The second kappa shape index (κ2) is 12.0. The van der Waals surface area contributed by atoms with Crippen LogP contribution in [0.5, 0.6) is 5.75 Å². The van der Waals surface area contributed by atoms with Gasteiger partial charge >= 0.3 is 5.97 Å². The molecule has 5 aromatic rings. The Bertz CT molecular complexity index is 1630. The number of benzene rings is 3. The van der Waals surface area contributed by atoms with Gasteiger partial charge in [0.25, 0.3) is 5.91 Å². The maximum atomic E-state index is 12.8. The molecule has 8 heteroatoms. The minimum Gasteiger partial charge on any atom is -0.486 e. The quantitative estimate of drug-likeness (QED) is 0.201. The molecule has 2 aromatic heterocycles. The van der Waals surface area contributed by atoms with Crippen LogP contribution in [0.1, 0.15) is 57.2 Å². The molecule has 41 heavy (non-hydrogen) atoms. The number of hydrogen-bond acceptors (Lipinski definition) is 6. The average Bonchev–Trinajstić information content (AvgIpc) is 3.66. The first-order valence-electron chi connectivity index (χ1n) is 13.2. The van der Waals surface area contributed by atoms with Crippen molar-refractivity contribution in [1.82, 2.24) is 9.78 Å². The fourth-order valence-corrected chi connectivity index (χ4v) is 4.57. The fraction of sp³-hybridized carbons (Fsp3) is 0.182. The van der Waals surface area contributed by atoms with Crippen molar-refractivity contribution in [3.63, 3.8) is 0 Å². The van der Waals surface area contributed by atoms with E-state index in [9.17, 15) is 9.59 Å². The summed E-state index contributed by atoms with van der Waals surface area (Å²) in [4.78, 5) is 24.8. The zero-order valence-electron chi connectivity index (χ0n) is 23.2. The zero-order valence-corrected chi connectivity index (χ0v) is 23.2. The highest BCUT2D eigenvalue weighted by atomic mass is 16.5. The van der Waals surface area contributed by atoms with Crippen LogP contribution in [0.25, 0.3) is 0 Å². The van der Waals surface area contributed by atoms with Gasteiger partial charge in [-0.3, -0.25) is 9.48 Å². The van der Waals surface area contributed by atoms with Crippen molar-refractivity contribution in [2.45, 2.75) is 32.4 Å². The molecule has 1 amide bonds. The van der Waals surface area contributed by atoms with Gasteiger partial charge in [-0.1, -0.05) is 74.5 Å². The number of aromatic nitrogens is 2. The van der Waals surface area contributed by atoms with Gasteiger partial charge in [-0.15, -0.1) is 0 Å². The van der Waals surface area contributed by atoms with Gasteiger partial charge in [0.05, 0.1) is 31.1 Å². The molecule has 0 saturated carbocycles. The third-order valence-electron chi connectivity index (χ3n) is 6.98. The van der Waals surface area contributed by atoms with E-state index in [2.05, 4.69) is 60.7 Å². The highest BCUT2D eigenvalue weighted by molar-refractivity contribution is 6.02. The molecule has 0 aliphatic carbocycles. The number of methoxy groups -OCH3 is 1. The van der Waals surface area contributed by atoms with E-state index < -0.39 is 11.9 Å². The summed E-state index contributed by atoms with van der Waals surface area (Å²) < 4.78 is 18.1. The Morgan fingerprint density at radius 2 is 1.61 bits per heavy atom. The van der Waals surface area contributed by atoms with Crippen LogP contribution in [0.4, 0.5) is 5.69 Å². The van der Waals surface area contributed by atoms with E-state index in [1.54, 1.807) is 35.1 Å². The number of anilines is 1. The van der Waals surface area contributed by atoms with Gasteiger partial charge in [0.15, 0.2) is 5.76 Å². The Hall–Kier alpha value is -5.11. The van der Waals surface area contributed by atoms with Crippen molar-refractivity contribution in [3.05, 3.63) is 137 Å². The lowest BCUT2D eigenvalue weighted by Gasteiger charge is -2.26. The molecular formula is C33H31N3O5. The van der Waals surface area contributed by atoms with E-state index in [0.717, 1.165) is 5.56 Å². The fourth-order valence-electron chi connectivity index (χ4n) is 4.57. The molecule has 208 valence electrons. The number of ether oxygens (including phenoxy) is 2. The van der Waals surface area contributed by atoms with Crippen LogP contribution in [0.2, 0.25) is 0 Å². The summed E-state index contributed by atoms with van der Waals surface area (Å²) in [6, 6.07) is 28.9. The molecule has 1 N–H and O–H groups in total. The lowest BCUT2D eigenvalue weighted by Crippen LogP contribution is -2.18. The molecule has 0 fully saturated rings. The standard InChI is InChI=1S/C33H31N3O5/c1-33(2,24-10-5-4-6-11-24)25-13-15-27(16-14-25)40-22-28-17-18-30(41-28)31(37)35-26-19-34-36(21-26)20-23-9-7-8-12-29(23)32(38)39-3/h4-19,21H,20,22H2,1-3H3,(H,35,37). The molecule has 2 heterocycles. The minimum absolute atomic E-state index is 0.132. The summed E-state index contributed by atoms with van der Waals surface area (Å²) >= 11 is 0. The molecule has 3 aromatic carbocycles. The summed E-state index contributed by atoms with van der Waals surface area (Å²) in [6.45, 7) is 4.92. The smallest absolute Gasteiger partial charge is 0.338 e. The number of esters is 1. The van der Waals surface area contributed by atoms with Crippen molar-refractivity contribution in [2.24, 2.45) is 0 Å². The molecular weight excluding hydrogens is 518 g/mol. The van der Waals surface area contributed by atoms with E-state index in [1.165, 1.54) is 24.4 Å². The average molecular weight is 550 g/mol. The molecule has 0 radical (unpaired) electrons. The van der Waals surface area contributed by atoms with Gasteiger partial charge in [-0.05, 0) is 47.0 Å². The molecule has 8 nitrogen and oxygen atoms in total. The Morgan fingerprint density at radius 3 is 2.37 bits per heavy atom. The third kappa shape index (κ3) is 6.38. The monoisotopic (exact) mass is 549 g/mol. The van der Waals surface area contributed by atoms with Crippen LogP contribution in [-0.4, -0.2) is 28.8 Å². The van der Waals surface area contributed by atoms with Crippen molar-refractivity contribution in [1.29, 1.82) is 0 Å². The van der Waals surface area contributed by atoms with Gasteiger partial charge in [0, 0.05) is 11.6 Å². The van der Waals surface area contributed by atoms with Crippen molar-refractivity contribution >= 4 is 17.6 Å². The molecule has 0 saturated heterocycles. The summed E-state index contributed by atoms with van der Waals surface area (Å²) in [5, 5.41) is 7.08. The Morgan fingerprint density at radius 1 is 0.902 bits per heavy atom. The van der Waals surface area contributed by atoms with E-state index in [1.807, 2.05) is 30.3 Å². The second-order valence-corrected chi connectivity index (χ2v) is 10.1. The lowest BCUT2D eigenvalue weighted by molar-refractivity contribution is 0.0599. The minimum atomic E-state index is -0.414. The van der Waals surface area contributed by atoms with Crippen molar-refractivity contribution < 1.29 is 23.5 Å². The van der Waals surface area contributed by atoms with E-state index >= 15 is 0 Å². The normalized spacial score (nSPS) is 11.2. The number of hydrogen-bond donors (Lipinski definition) is 1. The number of carbonyl (C=O) groups excluding carboxylic acids is 2. The van der Waals surface area contributed by atoms with E-state index in [-0.39, 0.29) is 17.8 Å². The van der Waals surface area contributed by atoms with Gasteiger partial charge in [-0.25, -0.2) is 4.79 Å². The number of amides is 1. The Kier molecular flexibility index (Phi) is 8.01. The first kappa shape index (κ1) is 27.5. The number of furan rings is 1. The van der Waals surface area contributed by atoms with Crippen LogP contribution < -0.4 is 10.1 Å². The van der Waals surface area contributed by atoms with Gasteiger partial charge in [-0.2, -0.15) is 5.10 Å². The molecule has 0 aliphatic rings. The predicted octanol–water partition coefficient (Wildman–Crippen LogP) is 6.47. The van der Waals surface area contributed by atoms with Crippen LogP contribution in [0, 0.1) is 0 Å². The first-order valence-corrected chi connectivity index (χ1v) is 13.2. The van der Waals surface area contributed by atoms with Crippen LogP contribution in [0.3, 0.4) is 0 Å².